The zero-order valence-electron chi connectivity index (χ0n) is 6.12. The van der Waals surface area contributed by atoms with Crippen LogP contribution in [0.1, 0.15) is 0 Å². The normalized spacial score (nSPS) is 26.9. The molecule has 6 N–H and O–H groups in total. The van der Waals surface area contributed by atoms with Gasteiger partial charge in [-0.25, -0.2) is 10.8 Å². The van der Waals surface area contributed by atoms with Crippen molar-refractivity contribution in [3.05, 3.63) is 0 Å². The Morgan fingerprint density at radius 2 is 2.17 bits per heavy atom. The van der Waals surface area contributed by atoms with E-state index in [0.29, 0.717) is 0 Å². The second kappa shape index (κ2) is 2.08. The van der Waals surface area contributed by atoms with E-state index in [1.165, 1.54) is 16.4 Å². The number of hydrazone groups is 1. The molecule has 2 heterocycles. The highest BCUT2D eigenvalue weighted by Crippen LogP contribution is 2.12. The lowest BCUT2D eigenvalue weighted by Gasteiger charge is -2.25. The minimum Gasteiger partial charge on any atom is -0.368 e. The molecule has 0 saturated carbocycles. The zero-order chi connectivity index (χ0) is 8.72. The second-order valence-corrected chi connectivity index (χ2v) is 2.33. The van der Waals surface area contributed by atoms with Crippen molar-refractivity contribution in [3.8, 4) is 0 Å². The summed E-state index contributed by atoms with van der Waals surface area (Å²) >= 11 is 0. The van der Waals surface area contributed by atoms with E-state index in [4.69, 9.17) is 17.3 Å². The van der Waals surface area contributed by atoms with E-state index in [9.17, 15) is 0 Å². The summed E-state index contributed by atoms with van der Waals surface area (Å²) in [4.78, 5) is 7.62. The van der Waals surface area contributed by atoms with Crippen LogP contribution in [0.25, 0.3) is 0 Å². The molecule has 1 atom stereocenters. The molecule has 0 unspecified atom stereocenters. The molecule has 2 aliphatic rings. The number of fused-ring (bicyclic) bond motifs is 1. The fourth-order valence-electron chi connectivity index (χ4n) is 0.975. The lowest BCUT2D eigenvalue weighted by atomic mass is 10.6. The molecule has 2 rings (SSSR count). The Morgan fingerprint density at radius 1 is 1.42 bits per heavy atom. The Labute approximate surface area is 68.0 Å². The number of nitrogens with zero attached hydrogens (tertiary/aromatic N) is 5. The summed E-state index contributed by atoms with van der Waals surface area (Å²) in [7, 11) is 0. The summed E-state index contributed by atoms with van der Waals surface area (Å²) in [5, 5.41) is 6.50. The third kappa shape index (κ3) is 0.782. The predicted molar refractivity (Wildman–Crippen MR) is 43.4 cm³/mol. The van der Waals surface area contributed by atoms with E-state index in [2.05, 4.69) is 15.1 Å². The van der Waals surface area contributed by atoms with Gasteiger partial charge in [0, 0.05) is 0 Å². The highest BCUT2D eigenvalue weighted by molar-refractivity contribution is 5.95. The maximum Gasteiger partial charge on any atom is 0.239 e. The summed E-state index contributed by atoms with van der Waals surface area (Å²) in [6, 6.07) is 0. The molecule has 12 heavy (non-hydrogen) atoms. The van der Waals surface area contributed by atoms with E-state index >= 15 is 0 Å². The van der Waals surface area contributed by atoms with Gasteiger partial charge in [0.05, 0.1) is 0 Å². The van der Waals surface area contributed by atoms with Gasteiger partial charge >= 0.3 is 0 Å². The van der Waals surface area contributed by atoms with Crippen LogP contribution < -0.4 is 17.3 Å². The minimum atomic E-state index is -0.484. The van der Waals surface area contributed by atoms with Crippen molar-refractivity contribution in [2.75, 3.05) is 0 Å². The first kappa shape index (κ1) is 6.85. The third-order valence-corrected chi connectivity index (χ3v) is 1.51. The molecule has 64 valence electrons. The number of rotatable bonds is 0. The highest BCUT2D eigenvalue weighted by Gasteiger charge is 2.31. The Bertz CT molecular complexity index is 289. The van der Waals surface area contributed by atoms with E-state index in [1.807, 2.05) is 0 Å². The fraction of sp³-hybridized carbons (Fsp3) is 0.250. The molecule has 0 aromatic rings. The summed E-state index contributed by atoms with van der Waals surface area (Å²) in [5.74, 6) is 5.78. The van der Waals surface area contributed by atoms with E-state index in [1.54, 1.807) is 0 Å². The first-order chi connectivity index (χ1) is 5.68. The van der Waals surface area contributed by atoms with Crippen LogP contribution in [-0.4, -0.2) is 34.6 Å². The van der Waals surface area contributed by atoms with Gasteiger partial charge in [-0.2, -0.15) is 15.1 Å². The first-order valence-electron chi connectivity index (χ1n) is 3.22. The Morgan fingerprint density at radius 3 is 2.92 bits per heavy atom. The summed E-state index contributed by atoms with van der Waals surface area (Å²) in [5.41, 5.74) is 10.9. The molecule has 0 aliphatic carbocycles. The second-order valence-electron chi connectivity index (χ2n) is 2.33. The number of guanidine groups is 2. The average molecular weight is 168 g/mol. The number of aliphatic imine (C=N–C) groups is 2. The number of hydrogen-bond acceptors (Lipinski definition) is 8. The van der Waals surface area contributed by atoms with Gasteiger partial charge < -0.3 is 11.5 Å². The van der Waals surface area contributed by atoms with Gasteiger partial charge in [0.25, 0.3) is 0 Å². The smallest absolute Gasteiger partial charge is 0.239 e. The summed E-state index contributed by atoms with van der Waals surface area (Å²) in [6.45, 7) is 0. The monoisotopic (exact) mass is 168 g/mol. The van der Waals surface area contributed by atoms with Crippen LogP contribution in [0.15, 0.2) is 15.1 Å². The quantitative estimate of drug-likeness (QED) is 0.341. The van der Waals surface area contributed by atoms with Crippen LogP contribution in [-0.2, 0) is 0 Å². The van der Waals surface area contributed by atoms with Gasteiger partial charge in [-0.3, -0.25) is 5.01 Å². The standard InChI is InChI=1S/C4H8N8/c5-2-9-3(6)12-4(10-2)11(7)1-8-12/h1,4H,7H2,(H4,5,6,9,10)/t4-/m1/s1. The van der Waals surface area contributed by atoms with Crippen molar-refractivity contribution >= 4 is 18.3 Å². The number of hydrazine groups is 1. The van der Waals surface area contributed by atoms with Gasteiger partial charge in [-0.1, -0.05) is 0 Å². The lowest BCUT2D eigenvalue weighted by molar-refractivity contribution is 0.211. The largest absolute Gasteiger partial charge is 0.368 e. The molecule has 0 aromatic carbocycles. The molecule has 8 nitrogen and oxygen atoms in total. The Kier molecular flexibility index (Phi) is 1.19. The Balaban J connectivity index is 2.34. The Hall–Kier alpha value is -1.83. The van der Waals surface area contributed by atoms with Crippen LogP contribution in [0.2, 0.25) is 0 Å². The number of hydrogen-bond donors (Lipinski definition) is 3. The third-order valence-electron chi connectivity index (χ3n) is 1.51. The molecular formula is C4H8N8. The molecule has 0 aromatic heterocycles. The van der Waals surface area contributed by atoms with Crippen molar-refractivity contribution in [2.45, 2.75) is 6.29 Å². The average Bonchev–Trinajstić information content (AvgIpc) is 2.33. The molecule has 0 amide bonds. The SMILES string of the molecule is NC1=N[C@@H]2N(N)C=NN2C(N)=N1. The fourth-order valence-corrected chi connectivity index (χ4v) is 0.975. The maximum absolute atomic E-state index is 5.49. The summed E-state index contributed by atoms with van der Waals surface area (Å²) < 4.78 is 0. The van der Waals surface area contributed by atoms with E-state index < -0.39 is 6.29 Å². The van der Waals surface area contributed by atoms with Crippen molar-refractivity contribution in [1.29, 1.82) is 0 Å². The van der Waals surface area contributed by atoms with Gasteiger partial charge in [0.2, 0.25) is 18.2 Å². The van der Waals surface area contributed by atoms with Crippen LogP contribution >= 0.6 is 0 Å². The first-order valence-corrected chi connectivity index (χ1v) is 3.22. The van der Waals surface area contributed by atoms with E-state index in [-0.39, 0.29) is 11.9 Å². The lowest BCUT2D eigenvalue weighted by Crippen LogP contribution is -2.50. The summed E-state index contributed by atoms with van der Waals surface area (Å²) in [6.07, 6.45) is 0.914. The van der Waals surface area contributed by atoms with Crippen LogP contribution in [0, 0.1) is 0 Å². The van der Waals surface area contributed by atoms with Gasteiger partial charge in [0.15, 0.2) is 0 Å². The molecular weight excluding hydrogens is 160 g/mol. The highest BCUT2D eigenvalue weighted by atomic mass is 15.7. The van der Waals surface area contributed by atoms with Crippen molar-refractivity contribution in [3.63, 3.8) is 0 Å². The molecule has 0 saturated heterocycles. The van der Waals surface area contributed by atoms with Crippen molar-refractivity contribution in [2.24, 2.45) is 32.4 Å². The molecule has 0 fully saturated rings. The van der Waals surface area contributed by atoms with Crippen molar-refractivity contribution in [1.82, 2.24) is 10.0 Å². The predicted octanol–water partition coefficient (Wildman–Crippen LogP) is -2.65. The topological polar surface area (TPSA) is 122 Å². The maximum atomic E-state index is 5.49. The zero-order valence-corrected chi connectivity index (χ0v) is 6.12. The van der Waals surface area contributed by atoms with Gasteiger partial charge in [-0.05, 0) is 0 Å². The van der Waals surface area contributed by atoms with Crippen LogP contribution in [0.3, 0.4) is 0 Å². The van der Waals surface area contributed by atoms with Crippen LogP contribution in [0.4, 0.5) is 0 Å². The number of nitrogens with two attached hydrogens (primary N) is 3. The van der Waals surface area contributed by atoms with E-state index in [0.717, 1.165) is 0 Å². The molecule has 0 radical (unpaired) electrons. The molecule has 0 spiro atoms. The van der Waals surface area contributed by atoms with Crippen molar-refractivity contribution < 1.29 is 0 Å². The minimum absolute atomic E-state index is 0.106. The van der Waals surface area contributed by atoms with Crippen LogP contribution in [0.5, 0.6) is 0 Å². The molecule has 8 heteroatoms. The van der Waals surface area contributed by atoms with Gasteiger partial charge in [-0.15, -0.1) is 0 Å². The van der Waals surface area contributed by atoms with Gasteiger partial charge in [0.1, 0.15) is 6.34 Å². The molecule has 0 bridgehead atoms. The molecule has 2 aliphatic heterocycles.